The van der Waals surface area contributed by atoms with Gasteiger partial charge in [-0.25, -0.2) is 4.79 Å². The number of carbonyl (C=O) groups is 4. The van der Waals surface area contributed by atoms with Crippen molar-refractivity contribution in [1.29, 1.82) is 0 Å². The van der Waals surface area contributed by atoms with E-state index in [2.05, 4.69) is 20.7 Å². The Morgan fingerprint density at radius 2 is 1.21 bits per heavy atom. The molecule has 19 nitrogen and oxygen atoms in total. The average molecular weight is 813 g/mol. The van der Waals surface area contributed by atoms with Crippen LogP contribution in [0.2, 0.25) is 0 Å². The van der Waals surface area contributed by atoms with Crippen LogP contribution in [0.15, 0.2) is 0 Å². The highest BCUT2D eigenvalue weighted by Gasteiger charge is 2.47. The van der Waals surface area contributed by atoms with E-state index in [4.69, 9.17) is 24.7 Å². The van der Waals surface area contributed by atoms with E-state index in [1.807, 2.05) is 62.3 Å². The number of hydrogen-bond acceptors (Lipinski definition) is 16. The maximum atomic E-state index is 12.6. The molecule has 2 rings (SSSR count). The molecule has 0 spiro atoms. The van der Waals surface area contributed by atoms with Gasteiger partial charge in [0.15, 0.2) is 18.4 Å². The summed E-state index contributed by atoms with van der Waals surface area (Å²) in [6.45, 7) is 24.3. The van der Waals surface area contributed by atoms with Gasteiger partial charge < -0.3 is 76.0 Å². The first-order chi connectivity index (χ1) is 25.5. The Kier molecular flexibility index (Phi) is 23.3. The largest absolute Gasteiger partial charge is 0.435 e. The van der Waals surface area contributed by atoms with Gasteiger partial charge in [-0.1, -0.05) is 41.5 Å². The molecule has 2 aliphatic rings. The number of aliphatic hydroxyl groups excluding tert-OH is 6. The molecule has 19 heteroatoms. The number of hydrogen-bond donors (Lipinski definition) is 10. The summed E-state index contributed by atoms with van der Waals surface area (Å²) in [4.78, 5) is 45.9. The number of Topliss-reactive ketones (excluding diaryl/α,β-unsaturated/α-hetero) is 1. The van der Waals surface area contributed by atoms with Crippen LogP contribution in [0.25, 0.3) is 0 Å². The summed E-state index contributed by atoms with van der Waals surface area (Å²) < 4.78 is 25.6. The van der Waals surface area contributed by atoms with Gasteiger partial charge in [0, 0.05) is 18.5 Å². The summed E-state index contributed by atoms with van der Waals surface area (Å²) in [6.07, 6.45) is -11.0. The van der Waals surface area contributed by atoms with Crippen molar-refractivity contribution in [2.24, 2.45) is 17.6 Å². The molecule has 11 N–H and O–H groups in total. The van der Waals surface area contributed by atoms with Crippen LogP contribution in [0.1, 0.15) is 103 Å². The van der Waals surface area contributed by atoms with Crippen molar-refractivity contribution >= 4 is 24.2 Å². The molecule has 2 fully saturated rings. The van der Waals surface area contributed by atoms with Gasteiger partial charge >= 0.3 is 6.03 Å². The number of aliphatic hydroxyl groups is 6. The van der Waals surface area contributed by atoms with Crippen LogP contribution >= 0.6 is 0 Å². The summed E-state index contributed by atoms with van der Waals surface area (Å²) in [5.74, 6) is -0.233. The number of ether oxygens (including phenoxy) is 5. The molecule has 0 saturated carbocycles. The van der Waals surface area contributed by atoms with Crippen molar-refractivity contribution in [3.8, 4) is 0 Å². The second-order valence-corrected chi connectivity index (χ2v) is 16.8. The Morgan fingerprint density at radius 3 is 1.62 bits per heavy atom. The topological polar surface area (TPSA) is 298 Å². The number of urea groups is 1. The summed E-state index contributed by atoms with van der Waals surface area (Å²) in [7, 11) is 0. The molecule has 0 bridgehead atoms. The second kappa shape index (κ2) is 24.4. The zero-order valence-electron chi connectivity index (χ0n) is 35.3. The van der Waals surface area contributed by atoms with E-state index >= 15 is 0 Å². The maximum absolute atomic E-state index is 12.6. The minimum atomic E-state index is -1.52. The van der Waals surface area contributed by atoms with Crippen LogP contribution in [0.4, 0.5) is 4.79 Å². The van der Waals surface area contributed by atoms with Crippen molar-refractivity contribution in [3.05, 3.63) is 0 Å². The molecular weight excluding hydrogens is 740 g/mol. The number of nitrogens with two attached hydrogens (primary N) is 1. The standard InChI is InChI=1S/C17H34N4O3.C10H18O7.C10H20O5/c1-10(2)14(20-12(5)6)16(23)21-13(15(22)11(3)4)8-7-9-19-17(18)24;1-10(2,3)17-9-7(14)5(12)6(13)8(16-9)15-4-11;1-5-6(11)7(12)8(13)9(14-5)15-10(2,3)4/h10-14,20H,7-9H2,1-6H3,(H,21,23)(H3,18,19,24);4-9,12-14H,1-3H3;5-9,11-13H,1-4H3/t13-,14-;5-,6-,7+,8-,9-;5-,6-,7+,8-,9+/m000/s1. The van der Waals surface area contributed by atoms with E-state index in [1.54, 1.807) is 27.7 Å². The second-order valence-electron chi connectivity index (χ2n) is 16.8. The number of carbonyl (C=O) groups excluding carboxylic acids is 4. The third-order valence-electron chi connectivity index (χ3n) is 8.12. The third kappa shape index (κ3) is 19.7. The molecule has 2 saturated heterocycles. The molecule has 12 atom stereocenters. The molecule has 0 radical (unpaired) electrons. The number of rotatable bonds is 15. The summed E-state index contributed by atoms with van der Waals surface area (Å²) in [5.41, 5.74) is 3.92. The average Bonchev–Trinajstić information content (AvgIpc) is 3.06. The first kappa shape index (κ1) is 53.4. The molecule has 0 aliphatic carbocycles. The molecule has 0 unspecified atom stereocenters. The van der Waals surface area contributed by atoms with Crippen molar-refractivity contribution in [3.63, 3.8) is 0 Å². The molecular formula is C37H72N4O15. The van der Waals surface area contributed by atoms with E-state index in [0.717, 1.165) is 0 Å². The van der Waals surface area contributed by atoms with E-state index in [9.17, 15) is 49.8 Å². The molecule has 0 aromatic carbocycles. The lowest BCUT2D eigenvalue weighted by Gasteiger charge is -2.41. The van der Waals surface area contributed by atoms with Crippen LogP contribution in [-0.4, -0.2) is 152 Å². The lowest BCUT2D eigenvalue weighted by atomic mass is 9.96. The molecule has 2 heterocycles. The molecule has 56 heavy (non-hydrogen) atoms. The Balaban J connectivity index is 0.000000836. The van der Waals surface area contributed by atoms with Crippen LogP contribution in [0.5, 0.6) is 0 Å². The van der Waals surface area contributed by atoms with Gasteiger partial charge in [-0.05, 0) is 67.2 Å². The Morgan fingerprint density at radius 1 is 0.750 bits per heavy atom. The number of primary amides is 1. The van der Waals surface area contributed by atoms with Crippen LogP contribution in [0.3, 0.4) is 0 Å². The van der Waals surface area contributed by atoms with Gasteiger partial charge in [0.25, 0.3) is 6.47 Å². The summed E-state index contributed by atoms with van der Waals surface area (Å²) in [5, 5.41) is 65.9. The fourth-order valence-electron chi connectivity index (χ4n) is 5.29. The fourth-order valence-corrected chi connectivity index (χ4v) is 5.29. The SMILES string of the molecule is CC(C)(C)O[C@@H]1O[C@H](OC=O)[C@@H](O)[C@H](O)[C@H]1O.CC(C)N[C@H](C(=O)N[C@@H](CCCNC(N)=O)C(=O)C(C)C)C(C)C.C[C@@H]1O[C@H](OC(C)(C)C)[C@@H](O)[C@H](O)[C@H]1O. The van der Waals surface area contributed by atoms with E-state index < -0.39 is 84.9 Å². The zero-order valence-corrected chi connectivity index (χ0v) is 35.3. The van der Waals surface area contributed by atoms with E-state index in [0.29, 0.717) is 19.4 Å². The van der Waals surface area contributed by atoms with Gasteiger partial charge in [-0.3, -0.25) is 14.4 Å². The predicted octanol–water partition coefficient (Wildman–Crippen LogP) is -0.464. The van der Waals surface area contributed by atoms with Gasteiger partial charge in [0.2, 0.25) is 12.2 Å². The predicted molar refractivity (Wildman–Crippen MR) is 203 cm³/mol. The van der Waals surface area contributed by atoms with Crippen LogP contribution < -0.4 is 21.7 Å². The van der Waals surface area contributed by atoms with Crippen LogP contribution in [0, 0.1) is 11.8 Å². The van der Waals surface area contributed by atoms with Crippen LogP contribution in [-0.2, 0) is 38.1 Å². The Labute approximate surface area is 331 Å². The smallest absolute Gasteiger partial charge is 0.312 e. The number of ketones is 1. The quantitative estimate of drug-likeness (QED) is 0.0739. The maximum Gasteiger partial charge on any atom is 0.312 e. The molecule has 3 amide bonds. The van der Waals surface area contributed by atoms with E-state index in [1.165, 1.54) is 0 Å². The highest BCUT2D eigenvalue weighted by molar-refractivity contribution is 5.91. The minimum Gasteiger partial charge on any atom is -0.435 e. The number of nitrogens with one attached hydrogen (secondary N) is 3. The first-order valence-electron chi connectivity index (χ1n) is 19.0. The molecule has 2 aliphatic heterocycles. The summed E-state index contributed by atoms with van der Waals surface area (Å²) >= 11 is 0. The van der Waals surface area contributed by atoms with Crippen molar-refractivity contribution in [2.45, 2.75) is 194 Å². The molecule has 0 aromatic rings. The summed E-state index contributed by atoms with van der Waals surface area (Å²) in [6, 6.07) is -1.33. The number of amides is 3. The Hall–Kier alpha value is -2.56. The van der Waals surface area contributed by atoms with Gasteiger partial charge in [-0.2, -0.15) is 0 Å². The minimum absolute atomic E-state index is 0.00511. The lowest BCUT2D eigenvalue weighted by molar-refractivity contribution is -0.354. The normalized spacial score (nSPS) is 29.2. The molecule has 0 aromatic heterocycles. The third-order valence-corrected chi connectivity index (χ3v) is 8.12. The molecule has 330 valence electrons. The highest BCUT2D eigenvalue weighted by atomic mass is 16.8. The van der Waals surface area contributed by atoms with Gasteiger partial charge in [-0.15, -0.1) is 0 Å². The monoisotopic (exact) mass is 812 g/mol. The van der Waals surface area contributed by atoms with Crippen molar-refractivity contribution < 1.29 is 73.5 Å². The highest BCUT2D eigenvalue weighted by Crippen LogP contribution is 2.27. The lowest BCUT2D eigenvalue weighted by Crippen LogP contribution is -2.59. The van der Waals surface area contributed by atoms with Gasteiger partial charge in [0.05, 0.1) is 29.4 Å². The zero-order chi connectivity index (χ0) is 43.9. The van der Waals surface area contributed by atoms with Gasteiger partial charge in [0.1, 0.15) is 36.6 Å². The van der Waals surface area contributed by atoms with E-state index in [-0.39, 0.29) is 42.1 Å². The Bertz CT molecular complexity index is 1180. The first-order valence-corrected chi connectivity index (χ1v) is 19.0. The fraction of sp³-hybridized carbons (Fsp3) is 0.892. The van der Waals surface area contributed by atoms with Crippen molar-refractivity contribution in [1.82, 2.24) is 16.0 Å². The van der Waals surface area contributed by atoms with Crippen molar-refractivity contribution in [2.75, 3.05) is 6.54 Å².